The van der Waals surface area contributed by atoms with E-state index in [1.54, 1.807) is 18.2 Å². The number of hydrogen-bond donors (Lipinski definition) is 1. The number of benzene rings is 2. The number of methoxy groups -OCH3 is 2. The van der Waals surface area contributed by atoms with E-state index < -0.39 is 15.5 Å². The lowest BCUT2D eigenvalue weighted by Crippen LogP contribution is -2.23. The number of hydrogen-bond acceptors (Lipinski definition) is 5. The van der Waals surface area contributed by atoms with Gasteiger partial charge in [-0.25, -0.2) is 13.1 Å². The molecule has 0 atom stereocenters. The minimum absolute atomic E-state index is 0.0122. The molecular weight excluding hydrogens is 391 g/mol. The zero-order chi connectivity index (χ0) is 19.4. The summed E-state index contributed by atoms with van der Waals surface area (Å²) in [6.45, 7) is -0.0122. The summed E-state index contributed by atoms with van der Waals surface area (Å²) in [5.74, 6) is 0.967. The van der Waals surface area contributed by atoms with Gasteiger partial charge in [-0.05, 0) is 53.7 Å². The first-order valence-electron chi connectivity index (χ1n) is 7.21. The van der Waals surface area contributed by atoms with Crippen molar-refractivity contribution in [2.75, 3.05) is 14.2 Å². The van der Waals surface area contributed by atoms with Crippen LogP contribution in [0.5, 0.6) is 11.5 Å². The largest absolute Gasteiger partial charge is 0.493 e. The molecule has 0 unspecified atom stereocenters. The molecular formula is C16H16F3NO4S2. The number of rotatable bonds is 7. The van der Waals surface area contributed by atoms with Crippen molar-refractivity contribution in [3.05, 3.63) is 48.0 Å². The van der Waals surface area contributed by atoms with E-state index in [2.05, 4.69) is 4.72 Å². The van der Waals surface area contributed by atoms with Gasteiger partial charge in [-0.15, -0.1) is 0 Å². The number of sulfonamides is 1. The Morgan fingerprint density at radius 3 is 2.15 bits per heavy atom. The second kappa shape index (κ2) is 8.19. The Morgan fingerprint density at radius 1 is 1.00 bits per heavy atom. The van der Waals surface area contributed by atoms with Crippen LogP contribution in [0.1, 0.15) is 5.56 Å². The zero-order valence-corrected chi connectivity index (χ0v) is 15.5. The van der Waals surface area contributed by atoms with Crippen LogP contribution in [-0.2, 0) is 16.6 Å². The number of nitrogens with one attached hydrogen (secondary N) is 1. The number of alkyl halides is 3. The van der Waals surface area contributed by atoms with Gasteiger partial charge in [-0.2, -0.15) is 13.2 Å². The summed E-state index contributed by atoms with van der Waals surface area (Å²) in [5, 5.41) is 0. The number of halogens is 3. The smallest absolute Gasteiger partial charge is 0.446 e. The molecule has 10 heteroatoms. The molecule has 142 valence electrons. The van der Waals surface area contributed by atoms with Crippen LogP contribution in [0.15, 0.2) is 52.3 Å². The number of thioether (sulfide) groups is 1. The molecule has 5 nitrogen and oxygen atoms in total. The minimum atomic E-state index is -4.42. The molecule has 0 spiro atoms. The molecule has 0 bridgehead atoms. The van der Waals surface area contributed by atoms with Gasteiger partial charge in [-0.1, -0.05) is 6.07 Å². The summed E-state index contributed by atoms with van der Waals surface area (Å²) in [7, 11) is -0.915. The summed E-state index contributed by atoms with van der Waals surface area (Å²) in [6.07, 6.45) is 0. The monoisotopic (exact) mass is 407 g/mol. The third kappa shape index (κ3) is 5.55. The van der Waals surface area contributed by atoms with Gasteiger partial charge in [0.15, 0.2) is 11.5 Å². The van der Waals surface area contributed by atoms with Crippen LogP contribution in [0.4, 0.5) is 13.2 Å². The molecule has 0 aromatic heterocycles. The van der Waals surface area contributed by atoms with Gasteiger partial charge >= 0.3 is 5.51 Å². The summed E-state index contributed by atoms with van der Waals surface area (Å²) in [4.78, 5) is -0.208. The highest BCUT2D eigenvalue weighted by molar-refractivity contribution is 8.00. The highest BCUT2D eigenvalue weighted by Gasteiger charge is 2.29. The van der Waals surface area contributed by atoms with E-state index in [9.17, 15) is 21.6 Å². The van der Waals surface area contributed by atoms with Gasteiger partial charge in [0.2, 0.25) is 10.0 Å². The Balaban J connectivity index is 2.09. The van der Waals surface area contributed by atoms with E-state index in [4.69, 9.17) is 9.47 Å². The molecule has 2 aromatic carbocycles. The third-order valence-electron chi connectivity index (χ3n) is 3.28. The van der Waals surface area contributed by atoms with Crippen molar-refractivity contribution in [1.82, 2.24) is 4.72 Å². The van der Waals surface area contributed by atoms with Crippen molar-refractivity contribution < 1.29 is 31.1 Å². The van der Waals surface area contributed by atoms with Gasteiger partial charge in [0.25, 0.3) is 0 Å². The third-order valence-corrected chi connectivity index (χ3v) is 5.44. The van der Waals surface area contributed by atoms with Crippen LogP contribution < -0.4 is 14.2 Å². The van der Waals surface area contributed by atoms with Crippen LogP contribution in [0.25, 0.3) is 0 Å². The van der Waals surface area contributed by atoms with Gasteiger partial charge in [0.1, 0.15) is 0 Å². The van der Waals surface area contributed by atoms with Crippen LogP contribution in [0.3, 0.4) is 0 Å². The standard InChI is InChI=1S/C16H16F3NO4S2/c1-23-14-8-3-11(9-15(14)24-2)10-20-26(21,22)13-6-4-12(5-7-13)25-16(17,18)19/h3-9,20H,10H2,1-2H3. The van der Waals surface area contributed by atoms with Crippen molar-refractivity contribution in [3.63, 3.8) is 0 Å². The van der Waals surface area contributed by atoms with E-state index in [1.165, 1.54) is 14.2 Å². The second-order valence-electron chi connectivity index (χ2n) is 5.03. The lowest BCUT2D eigenvalue weighted by Gasteiger charge is -2.11. The molecule has 2 aromatic rings. The summed E-state index contributed by atoms with van der Waals surface area (Å²) >= 11 is -0.303. The van der Waals surface area contributed by atoms with E-state index in [0.717, 1.165) is 24.3 Å². The Bertz CT molecular complexity index is 853. The minimum Gasteiger partial charge on any atom is -0.493 e. The Hall–Kier alpha value is -1.91. The first-order valence-corrected chi connectivity index (χ1v) is 9.51. The van der Waals surface area contributed by atoms with Crippen LogP contribution in [0, 0.1) is 0 Å². The predicted octanol–water partition coefficient (Wildman–Crippen LogP) is 3.79. The molecule has 1 N–H and O–H groups in total. The lowest BCUT2D eigenvalue weighted by atomic mass is 10.2. The Labute approximate surface area is 153 Å². The SMILES string of the molecule is COc1ccc(CNS(=O)(=O)c2ccc(SC(F)(F)F)cc2)cc1OC. The fourth-order valence-corrected chi connectivity index (χ4v) is 3.63. The van der Waals surface area contributed by atoms with Gasteiger partial charge < -0.3 is 9.47 Å². The predicted molar refractivity (Wildman–Crippen MR) is 91.9 cm³/mol. The molecule has 0 aliphatic carbocycles. The van der Waals surface area contributed by atoms with Crippen LogP contribution in [0.2, 0.25) is 0 Å². The van der Waals surface area contributed by atoms with Crippen molar-refractivity contribution in [3.8, 4) is 11.5 Å². The van der Waals surface area contributed by atoms with Crippen molar-refractivity contribution in [2.24, 2.45) is 0 Å². The fraction of sp³-hybridized carbons (Fsp3) is 0.250. The highest BCUT2D eigenvalue weighted by Crippen LogP contribution is 2.37. The molecule has 2 rings (SSSR count). The quantitative estimate of drug-likeness (QED) is 0.708. The normalized spacial score (nSPS) is 12.0. The van der Waals surface area contributed by atoms with Gasteiger partial charge in [-0.3, -0.25) is 0 Å². The summed E-state index contributed by atoms with van der Waals surface area (Å²) < 4.78 is 74.2. The first-order chi connectivity index (χ1) is 12.1. The zero-order valence-electron chi connectivity index (χ0n) is 13.8. The second-order valence-corrected chi connectivity index (χ2v) is 7.94. The lowest BCUT2D eigenvalue weighted by molar-refractivity contribution is -0.0328. The average Bonchev–Trinajstić information content (AvgIpc) is 2.58. The Kier molecular flexibility index (Phi) is 6.43. The average molecular weight is 407 g/mol. The van der Waals surface area contributed by atoms with Crippen LogP contribution in [-0.4, -0.2) is 28.1 Å². The number of ether oxygens (including phenoxy) is 2. The van der Waals surface area contributed by atoms with E-state index in [0.29, 0.717) is 17.1 Å². The molecule has 0 aliphatic rings. The van der Waals surface area contributed by atoms with E-state index in [1.807, 2.05) is 0 Å². The van der Waals surface area contributed by atoms with Gasteiger partial charge in [0.05, 0.1) is 19.1 Å². The molecule has 0 saturated carbocycles. The Morgan fingerprint density at radius 2 is 1.62 bits per heavy atom. The molecule has 26 heavy (non-hydrogen) atoms. The summed E-state index contributed by atoms with van der Waals surface area (Å²) in [6, 6.07) is 9.44. The molecule has 0 heterocycles. The van der Waals surface area contributed by atoms with Crippen LogP contribution >= 0.6 is 11.8 Å². The topological polar surface area (TPSA) is 64.6 Å². The van der Waals surface area contributed by atoms with Gasteiger partial charge in [0, 0.05) is 11.4 Å². The van der Waals surface area contributed by atoms with Crippen molar-refractivity contribution >= 4 is 21.8 Å². The van der Waals surface area contributed by atoms with Crippen molar-refractivity contribution in [1.29, 1.82) is 0 Å². The van der Waals surface area contributed by atoms with Crippen molar-refractivity contribution in [2.45, 2.75) is 21.8 Å². The highest BCUT2D eigenvalue weighted by atomic mass is 32.2. The maximum atomic E-state index is 12.3. The molecule has 0 fully saturated rings. The summed E-state index contributed by atoms with van der Waals surface area (Å²) in [5.41, 5.74) is -3.79. The molecule has 0 amide bonds. The maximum absolute atomic E-state index is 12.3. The van der Waals surface area contributed by atoms with E-state index >= 15 is 0 Å². The first kappa shape index (κ1) is 20.4. The maximum Gasteiger partial charge on any atom is 0.446 e. The molecule has 0 saturated heterocycles. The van der Waals surface area contributed by atoms with E-state index in [-0.39, 0.29) is 28.1 Å². The fourth-order valence-electron chi connectivity index (χ4n) is 2.07. The molecule has 0 radical (unpaired) electrons. The molecule has 0 aliphatic heterocycles.